The highest BCUT2D eigenvalue weighted by atomic mass is 16.5. The van der Waals surface area contributed by atoms with E-state index in [-0.39, 0.29) is 5.91 Å². The molecule has 6 nitrogen and oxygen atoms in total. The van der Waals surface area contributed by atoms with E-state index in [1.165, 1.54) is 32.3 Å². The zero-order valence-electron chi connectivity index (χ0n) is 17.5. The number of aryl methyl sites for hydroxylation is 1. The molecule has 0 spiro atoms. The molecule has 3 aromatic carbocycles. The van der Waals surface area contributed by atoms with Crippen molar-refractivity contribution in [1.82, 2.24) is 4.98 Å². The number of aromatic nitrogens is 1. The van der Waals surface area contributed by atoms with Gasteiger partial charge in [0.05, 0.1) is 21.3 Å². The normalized spacial score (nSPS) is 10.9. The molecule has 4 aromatic rings. The second-order valence-corrected chi connectivity index (χ2v) is 6.95. The van der Waals surface area contributed by atoms with Crippen molar-refractivity contribution in [1.29, 1.82) is 0 Å². The zero-order chi connectivity index (χ0) is 21.3. The molecule has 0 unspecified atom stereocenters. The van der Waals surface area contributed by atoms with Gasteiger partial charge in [0.15, 0.2) is 11.5 Å². The number of hydrogen-bond acceptors (Lipinski definition) is 4. The minimum atomic E-state index is -0.265. The van der Waals surface area contributed by atoms with Crippen LogP contribution in [0.25, 0.3) is 21.8 Å². The quantitative estimate of drug-likeness (QED) is 0.465. The van der Waals surface area contributed by atoms with Gasteiger partial charge >= 0.3 is 0 Å². The molecule has 154 valence electrons. The monoisotopic (exact) mass is 404 g/mol. The Labute approximate surface area is 174 Å². The number of benzene rings is 3. The SMILES string of the molecule is CCc1cccc2c1[nH]c1cc(NC(=O)c3cc(OC)c(OC)c(OC)c3)ccc12. The summed E-state index contributed by atoms with van der Waals surface area (Å²) in [5.74, 6) is 1.04. The molecule has 0 fully saturated rings. The highest BCUT2D eigenvalue weighted by molar-refractivity contribution is 6.11. The Morgan fingerprint density at radius 1 is 0.933 bits per heavy atom. The van der Waals surface area contributed by atoms with Gasteiger partial charge in [0.2, 0.25) is 5.75 Å². The van der Waals surface area contributed by atoms with Crippen LogP contribution in [0.1, 0.15) is 22.8 Å². The van der Waals surface area contributed by atoms with Crippen LogP contribution in [0.2, 0.25) is 0 Å². The first-order valence-electron chi connectivity index (χ1n) is 9.74. The van der Waals surface area contributed by atoms with Gasteiger partial charge in [-0.15, -0.1) is 0 Å². The second-order valence-electron chi connectivity index (χ2n) is 6.95. The molecule has 0 aliphatic rings. The molecule has 0 aliphatic heterocycles. The van der Waals surface area contributed by atoms with E-state index in [1.807, 2.05) is 18.2 Å². The molecular formula is C24H24N2O4. The number of H-pyrrole nitrogens is 1. The molecule has 0 aliphatic carbocycles. The first kappa shape index (κ1) is 19.6. The fraction of sp³-hybridized carbons (Fsp3) is 0.208. The Morgan fingerprint density at radius 3 is 2.30 bits per heavy atom. The van der Waals surface area contributed by atoms with Gasteiger partial charge in [-0.1, -0.05) is 31.2 Å². The lowest BCUT2D eigenvalue weighted by Gasteiger charge is -2.14. The van der Waals surface area contributed by atoms with Crippen LogP contribution in [0.3, 0.4) is 0 Å². The number of methoxy groups -OCH3 is 3. The van der Waals surface area contributed by atoms with Gasteiger partial charge in [-0.25, -0.2) is 0 Å². The molecule has 0 saturated carbocycles. The Bertz CT molecular complexity index is 1220. The fourth-order valence-corrected chi connectivity index (χ4v) is 3.78. The minimum absolute atomic E-state index is 0.265. The topological polar surface area (TPSA) is 72.6 Å². The highest BCUT2D eigenvalue weighted by Gasteiger charge is 2.17. The Balaban J connectivity index is 1.69. The van der Waals surface area contributed by atoms with Gasteiger partial charge in [-0.2, -0.15) is 0 Å². The highest BCUT2D eigenvalue weighted by Crippen LogP contribution is 2.38. The summed E-state index contributed by atoms with van der Waals surface area (Å²) in [5, 5.41) is 5.27. The zero-order valence-corrected chi connectivity index (χ0v) is 17.5. The van der Waals surface area contributed by atoms with E-state index < -0.39 is 0 Å². The van der Waals surface area contributed by atoms with E-state index in [1.54, 1.807) is 12.1 Å². The van der Waals surface area contributed by atoms with Gasteiger partial charge in [-0.05, 0) is 36.2 Å². The van der Waals surface area contributed by atoms with Crippen LogP contribution >= 0.6 is 0 Å². The van der Waals surface area contributed by atoms with Crippen molar-refractivity contribution in [2.75, 3.05) is 26.6 Å². The Kier molecular flexibility index (Phi) is 5.23. The number of para-hydroxylation sites is 1. The van der Waals surface area contributed by atoms with Crippen LogP contribution in [-0.4, -0.2) is 32.2 Å². The number of carbonyl (C=O) groups is 1. The molecule has 0 radical (unpaired) electrons. The smallest absolute Gasteiger partial charge is 0.255 e. The molecule has 0 bridgehead atoms. The predicted octanol–water partition coefficient (Wildman–Crippen LogP) is 5.16. The van der Waals surface area contributed by atoms with E-state index in [0.717, 1.165) is 22.8 Å². The summed E-state index contributed by atoms with van der Waals surface area (Å²) >= 11 is 0. The molecule has 30 heavy (non-hydrogen) atoms. The summed E-state index contributed by atoms with van der Waals surface area (Å²) in [5.41, 5.74) is 4.50. The van der Waals surface area contributed by atoms with Gasteiger partial charge < -0.3 is 24.5 Å². The number of rotatable bonds is 6. The van der Waals surface area contributed by atoms with E-state index in [0.29, 0.717) is 28.5 Å². The lowest BCUT2D eigenvalue weighted by molar-refractivity contribution is 0.102. The molecule has 6 heteroatoms. The molecule has 1 heterocycles. The van der Waals surface area contributed by atoms with Gasteiger partial charge in [0.25, 0.3) is 5.91 Å². The standard InChI is InChI=1S/C24H24N2O4/c1-5-14-7-6-8-18-17-10-9-16(13-19(17)26-22(14)18)25-24(27)15-11-20(28-2)23(30-4)21(12-15)29-3/h6-13,26H,5H2,1-4H3,(H,25,27). The Hall–Kier alpha value is -3.67. The van der Waals surface area contributed by atoms with E-state index in [4.69, 9.17) is 14.2 Å². The minimum Gasteiger partial charge on any atom is -0.493 e. The third-order valence-electron chi connectivity index (χ3n) is 5.29. The third kappa shape index (κ3) is 3.30. The van der Waals surface area contributed by atoms with Gasteiger partial charge in [0, 0.05) is 33.1 Å². The van der Waals surface area contributed by atoms with Crippen molar-refractivity contribution in [2.24, 2.45) is 0 Å². The number of aromatic amines is 1. The van der Waals surface area contributed by atoms with Crippen LogP contribution < -0.4 is 19.5 Å². The summed E-state index contributed by atoms with van der Waals surface area (Å²) in [6, 6.07) is 15.5. The lowest BCUT2D eigenvalue weighted by atomic mass is 10.1. The maximum Gasteiger partial charge on any atom is 0.255 e. The summed E-state index contributed by atoms with van der Waals surface area (Å²) < 4.78 is 16.0. The van der Waals surface area contributed by atoms with Crippen molar-refractivity contribution in [3.05, 3.63) is 59.7 Å². The molecular weight excluding hydrogens is 380 g/mol. The van der Waals surface area contributed by atoms with Crippen molar-refractivity contribution in [3.8, 4) is 17.2 Å². The van der Waals surface area contributed by atoms with E-state index in [9.17, 15) is 4.79 Å². The molecule has 1 aromatic heterocycles. The maximum absolute atomic E-state index is 12.9. The number of anilines is 1. The second kappa shape index (κ2) is 7.99. The van der Waals surface area contributed by atoms with E-state index >= 15 is 0 Å². The van der Waals surface area contributed by atoms with Crippen LogP contribution in [0.5, 0.6) is 17.2 Å². The summed E-state index contributed by atoms with van der Waals surface area (Å²) in [4.78, 5) is 16.4. The molecule has 4 rings (SSSR count). The van der Waals surface area contributed by atoms with E-state index in [2.05, 4.69) is 35.4 Å². The fourth-order valence-electron chi connectivity index (χ4n) is 3.78. The summed E-state index contributed by atoms with van der Waals surface area (Å²) in [6.45, 7) is 2.14. The van der Waals surface area contributed by atoms with Gasteiger partial charge in [-0.3, -0.25) is 4.79 Å². The number of hydrogen-bond donors (Lipinski definition) is 2. The summed E-state index contributed by atoms with van der Waals surface area (Å²) in [6.07, 6.45) is 0.953. The van der Waals surface area contributed by atoms with Crippen LogP contribution in [0.4, 0.5) is 5.69 Å². The molecule has 1 amide bonds. The molecule has 0 saturated heterocycles. The van der Waals surface area contributed by atoms with Crippen molar-refractivity contribution >= 4 is 33.4 Å². The third-order valence-corrected chi connectivity index (χ3v) is 5.29. The number of carbonyl (C=O) groups excluding carboxylic acids is 1. The average molecular weight is 404 g/mol. The number of ether oxygens (including phenoxy) is 3. The van der Waals surface area contributed by atoms with Crippen LogP contribution in [-0.2, 0) is 6.42 Å². The number of amides is 1. The number of fused-ring (bicyclic) bond motifs is 3. The largest absolute Gasteiger partial charge is 0.493 e. The first-order chi connectivity index (χ1) is 14.6. The molecule has 0 atom stereocenters. The predicted molar refractivity (Wildman–Crippen MR) is 119 cm³/mol. The Morgan fingerprint density at radius 2 is 1.67 bits per heavy atom. The van der Waals surface area contributed by atoms with Crippen molar-refractivity contribution < 1.29 is 19.0 Å². The molecule has 2 N–H and O–H groups in total. The van der Waals surface area contributed by atoms with Crippen LogP contribution in [0, 0.1) is 0 Å². The van der Waals surface area contributed by atoms with Gasteiger partial charge in [0.1, 0.15) is 0 Å². The van der Waals surface area contributed by atoms with Crippen molar-refractivity contribution in [2.45, 2.75) is 13.3 Å². The average Bonchev–Trinajstić information content (AvgIpc) is 3.15. The van der Waals surface area contributed by atoms with Crippen molar-refractivity contribution in [3.63, 3.8) is 0 Å². The van der Waals surface area contributed by atoms with Crippen LogP contribution in [0.15, 0.2) is 48.5 Å². The summed E-state index contributed by atoms with van der Waals surface area (Å²) in [7, 11) is 4.57. The lowest BCUT2D eigenvalue weighted by Crippen LogP contribution is -2.12. The first-order valence-corrected chi connectivity index (χ1v) is 9.74. The maximum atomic E-state index is 12.9. The number of nitrogens with one attached hydrogen (secondary N) is 2.